The fraction of sp³-hybridized carbons (Fsp3) is 0.125. The molecule has 22 heavy (non-hydrogen) atoms. The lowest BCUT2D eigenvalue weighted by Crippen LogP contribution is -2.21. The van der Waals surface area contributed by atoms with E-state index in [1.165, 1.54) is 0 Å². The average molecular weight is 319 g/mol. The number of ether oxygens (including phenoxy) is 1. The van der Waals surface area contributed by atoms with Crippen molar-refractivity contribution >= 4 is 29.1 Å². The van der Waals surface area contributed by atoms with Crippen LogP contribution in [0.25, 0.3) is 0 Å². The van der Waals surface area contributed by atoms with Crippen molar-refractivity contribution in [2.45, 2.75) is 0 Å². The molecule has 0 aliphatic heterocycles. The van der Waals surface area contributed by atoms with Gasteiger partial charge in [-0.05, 0) is 36.4 Å². The summed E-state index contributed by atoms with van der Waals surface area (Å²) in [6, 6.07) is 13.4. The molecule has 0 aliphatic carbocycles. The molecule has 0 fully saturated rings. The molecule has 2 rings (SSSR count). The van der Waals surface area contributed by atoms with Gasteiger partial charge in [0.1, 0.15) is 5.75 Å². The van der Waals surface area contributed by atoms with Crippen molar-refractivity contribution in [3.8, 4) is 5.75 Å². The number of anilines is 1. The Morgan fingerprint density at radius 2 is 1.91 bits per heavy atom. The highest BCUT2D eigenvalue weighted by molar-refractivity contribution is 6.30. The van der Waals surface area contributed by atoms with Crippen LogP contribution < -0.4 is 15.4 Å². The molecule has 0 aliphatic rings. The predicted molar refractivity (Wildman–Crippen MR) is 85.4 cm³/mol. The normalized spacial score (nSPS) is 9.91. The van der Waals surface area contributed by atoms with Crippen molar-refractivity contribution in [1.82, 2.24) is 5.32 Å². The summed E-state index contributed by atoms with van der Waals surface area (Å²) in [5.41, 5.74) is 0.997. The van der Waals surface area contributed by atoms with Crippen molar-refractivity contribution in [2.75, 3.05) is 19.0 Å². The van der Waals surface area contributed by atoms with E-state index in [0.29, 0.717) is 22.0 Å². The van der Waals surface area contributed by atoms with Gasteiger partial charge in [0.15, 0.2) is 6.61 Å². The van der Waals surface area contributed by atoms with E-state index in [4.69, 9.17) is 16.3 Å². The van der Waals surface area contributed by atoms with E-state index in [-0.39, 0.29) is 18.4 Å². The summed E-state index contributed by atoms with van der Waals surface area (Å²) in [7, 11) is 1.55. The Hall–Kier alpha value is -2.53. The Bertz CT molecular complexity index is 689. The molecular formula is C16H15ClN2O3. The molecule has 0 radical (unpaired) electrons. The van der Waals surface area contributed by atoms with Gasteiger partial charge >= 0.3 is 0 Å². The highest BCUT2D eigenvalue weighted by atomic mass is 35.5. The second-order valence-corrected chi connectivity index (χ2v) is 4.89. The van der Waals surface area contributed by atoms with E-state index in [0.717, 1.165) is 0 Å². The van der Waals surface area contributed by atoms with Crippen molar-refractivity contribution in [1.29, 1.82) is 0 Å². The van der Waals surface area contributed by atoms with Crippen LogP contribution in [0.4, 0.5) is 5.69 Å². The SMILES string of the molecule is CNC(=O)c1cccc(NC(=O)COc2cccc(Cl)c2)c1. The minimum atomic E-state index is -0.325. The quantitative estimate of drug-likeness (QED) is 0.890. The Morgan fingerprint density at radius 1 is 1.14 bits per heavy atom. The minimum absolute atomic E-state index is 0.148. The molecule has 0 saturated carbocycles. The van der Waals surface area contributed by atoms with Gasteiger partial charge in [-0.15, -0.1) is 0 Å². The molecule has 0 saturated heterocycles. The van der Waals surface area contributed by atoms with Crippen molar-refractivity contribution in [3.05, 3.63) is 59.1 Å². The summed E-state index contributed by atoms with van der Waals surface area (Å²) < 4.78 is 5.34. The van der Waals surface area contributed by atoms with E-state index in [2.05, 4.69) is 10.6 Å². The predicted octanol–water partition coefficient (Wildman–Crippen LogP) is 2.72. The smallest absolute Gasteiger partial charge is 0.262 e. The van der Waals surface area contributed by atoms with Crippen LogP contribution in [0, 0.1) is 0 Å². The summed E-state index contributed by atoms with van der Waals surface area (Å²) in [5.74, 6) is -0.0259. The largest absolute Gasteiger partial charge is 0.484 e. The Labute approximate surface area is 133 Å². The standard InChI is InChI=1S/C16H15ClN2O3/c1-18-16(21)11-4-2-6-13(8-11)19-15(20)10-22-14-7-3-5-12(17)9-14/h2-9H,10H2,1H3,(H,18,21)(H,19,20). The molecule has 5 nitrogen and oxygen atoms in total. The summed E-state index contributed by atoms with van der Waals surface area (Å²) in [6.07, 6.45) is 0. The molecular weight excluding hydrogens is 304 g/mol. The number of carbonyl (C=O) groups excluding carboxylic acids is 2. The van der Waals surface area contributed by atoms with Crippen LogP contribution in [0.15, 0.2) is 48.5 Å². The zero-order valence-corrected chi connectivity index (χ0v) is 12.7. The number of hydrogen-bond donors (Lipinski definition) is 2. The number of halogens is 1. The molecule has 2 N–H and O–H groups in total. The molecule has 0 heterocycles. The van der Waals surface area contributed by atoms with E-state index in [1.54, 1.807) is 55.6 Å². The van der Waals surface area contributed by atoms with E-state index >= 15 is 0 Å². The van der Waals surface area contributed by atoms with Crippen LogP contribution in [-0.2, 0) is 4.79 Å². The average Bonchev–Trinajstić information content (AvgIpc) is 2.52. The van der Waals surface area contributed by atoms with Gasteiger partial charge in [0.25, 0.3) is 11.8 Å². The maximum Gasteiger partial charge on any atom is 0.262 e. The van der Waals surface area contributed by atoms with Gasteiger partial charge in [0.2, 0.25) is 0 Å². The van der Waals surface area contributed by atoms with Crippen LogP contribution in [0.5, 0.6) is 5.75 Å². The fourth-order valence-corrected chi connectivity index (χ4v) is 1.97. The summed E-state index contributed by atoms with van der Waals surface area (Å²) in [4.78, 5) is 23.4. The molecule has 2 amide bonds. The first-order valence-corrected chi connectivity index (χ1v) is 6.96. The Kier molecular flexibility index (Phi) is 5.38. The molecule has 0 aromatic heterocycles. The van der Waals surface area contributed by atoms with Gasteiger partial charge in [-0.25, -0.2) is 0 Å². The number of rotatable bonds is 5. The van der Waals surface area contributed by atoms with E-state index in [1.807, 2.05) is 0 Å². The van der Waals surface area contributed by atoms with Crippen molar-refractivity contribution in [2.24, 2.45) is 0 Å². The maximum absolute atomic E-state index is 11.9. The molecule has 0 unspecified atom stereocenters. The first-order chi connectivity index (χ1) is 10.6. The number of benzene rings is 2. The van der Waals surface area contributed by atoms with Gasteiger partial charge < -0.3 is 15.4 Å². The molecule has 6 heteroatoms. The molecule has 0 atom stereocenters. The molecule has 114 valence electrons. The summed E-state index contributed by atoms with van der Waals surface area (Å²) in [5, 5.41) is 5.73. The third-order valence-corrected chi connectivity index (χ3v) is 3.04. The Balaban J connectivity index is 1.93. The molecule has 2 aromatic rings. The van der Waals surface area contributed by atoms with E-state index in [9.17, 15) is 9.59 Å². The lowest BCUT2D eigenvalue weighted by Gasteiger charge is -2.08. The van der Waals surface area contributed by atoms with Crippen molar-refractivity contribution in [3.63, 3.8) is 0 Å². The fourth-order valence-electron chi connectivity index (χ4n) is 1.79. The second-order valence-electron chi connectivity index (χ2n) is 4.45. The lowest BCUT2D eigenvalue weighted by atomic mass is 10.2. The van der Waals surface area contributed by atoms with Gasteiger partial charge in [-0.3, -0.25) is 9.59 Å². The van der Waals surface area contributed by atoms with Crippen molar-refractivity contribution < 1.29 is 14.3 Å². The van der Waals surface area contributed by atoms with E-state index < -0.39 is 0 Å². The molecule has 0 bridgehead atoms. The summed E-state index contributed by atoms with van der Waals surface area (Å²) in [6.45, 7) is -0.148. The minimum Gasteiger partial charge on any atom is -0.484 e. The molecule has 2 aromatic carbocycles. The number of nitrogens with one attached hydrogen (secondary N) is 2. The van der Waals surface area contributed by atoms with Crippen LogP contribution in [-0.4, -0.2) is 25.5 Å². The van der Waals surface area contributed by atoms with Gasteiger partial charge in [-0.1, -0.05) is 23.7 Å². The van der Waals surface area contributed by atoms with Gasteiger partial charge in [-0.2, -0.15) is 0 Å². The highest BCUT2D eigenvalue weighted by Gasteiger charge is 2.07. The first kappa shape index (κ1) is 15.9. The maximum atomic E-state index is 11.9. The zero-order valence-electron chi connectivity index (χ0n) is 11.9. The van der Waals surface area contributed by atoms with Gasteiger partial charge in [0, 0.05) is 23.3 Å². The second kappa shape index (κ2) is 7.47. The van der Waals surface area contributed by atoms with Crippen LogP contribution >= 0.6 is 11.6 Å². The third kappa shape index (κ3) is 4.49. The van der Waals surface area contributed by atoms with Crippen LogP contribution in [0.1, 0.15) is 10.4 Å². The van der Waals surface area contributed by atoms with Crippen LogP contribution in [0.2, 0.25) is 5.02 Å². The third-order valence-electron chi connectivity index (χ3n) is 2.80. The zero-order chi connectivity index (χ0) is 15.9. The monoisotopic (exact) mass is 318 g/mol. The first-order valence-electron chi connectivity index (χ1n) is 6.59. The number of hydrogen-bond acceptors (Lipinski definition) is 3. The Morgan fingerprint density at radius 3 is 2.64 bits per heavy atom. The number of amides is 2. The van der Waals surface area contributed by atoms with Gasteiger partial charge in [0.05, 0.1) is 0 Å². The summed E-state index contributed by atoms with van der Waals surface area (Å²) >= 11 is 5.83. The van der Waals surface area contributed by atoms with Crippen LogP contribution in [0.3, 0.4) is 0 Å². The topological polar surface area (TPSA) is 67.4 Å². The number of carbonyl (C=O) groups is 2. The highest BCUT2D eigenvalue weighted by Crippen LogP contribution is 2.17. The lowest BCUT2D eigenvalue weighted by molar-refractivity contribution is -0.118. The molecule has 0 spiro atoms.